The van der Waals surface area contributed by atoms with Crippen LogP contribution in [0.5, 0.6) is 0 Å². The maximum absolute atomic E-state index is 11.8. The van der Waals surface area contributed by atoms with Gasteiger partial charge in [-0.3, -0.25) is 0 Å². The van der Waals surface area contributed by atoms with Crippen molar-refractivity contribution in [2.24, 2.45) is 0 Å². The van der Waals surface area contributed by atoms with E-state index in [0.29, 0.717) is 26.2 Å². The zero-order valence-corrected chi connectivity index (χ0v) is 10.9. The maximum Gasteiger partial charge on any atom is 0.373 e. The third kappa shape index (κ3) is 2.84. The van der Waals surface area contributed by atoms with Crippen molar-refractivity contribution in [1.82, 2.24) is 0 Å². The van der Waals surface area contributed by atoms with Crippen LogP contribution in [0.2, 0.25) is 0 Å². The normalized spacial score (nSPS) is 31.0. The highest BCUT2D eigenvalue weighted by atomic mass is 16.7. The lowest BCUT2D eigenvalue weighted by molar-refractivity contribution is -0.217. The van der Waals surface area contributed by atoms with Crippen LogP contribution in [0.4, 0.5) is 0 Å². The van der Waals surface area contributed by atoms with Gasteiger partial charge >= 0.3 is 5.97 Å². The Labute approximate surface area is 107 Å². The van der Waals surface area contributed by atoms with Crippen LogP contribution in [0.3, 0.4) is 0 Å². The third-order valence-corrected chi connectivity index (χ3v) is 3.07. The van der Waals surface area contributed by atoms with E-state index in [-0.39, 0.29) is 11.9 Å². The van der Waals surface area contributed by atoms with Gasteiger partial charge in [0.05, 0.1) is 19.3 Å². The second kappa shape index (κ2) is 5.71. The quantitative estimate of drug-likeness (QED) is 0.717. The first-order valence-corrected chi connectivity index (χ1v) is 6.52. The van der Waals surface area contributed by atoms with E-state index in [2.05, 4.69) is 0 Å². The van der Waals surface area contributed by atoms with Crippen molar-refractivity contribution in [3.8, 4) is 0 Å². The molecule has 2 atom stereocenters. The Kier molecular flexibility index (Phi) is 4.24. The average Bonchev–Trinajstić information content (AvgIpc) is 2.77. The summed E-state index contributed by atoms with van der Waals surface area (Å²) in [5, 5.41) is 0. The van der Waals surface area contributed by atoms with Crippen LogP contribution >= 0.6 is 0 Å². The lowest BCUT2D eigenvalue weighted by Gasteiger charge is -2.36. The number of ether oxygens (including phenoxy) is 4. The van der Waals surface area contributed by atoms with Crippen LogP contribution in [0.25, 0.3) is 0 Å². The number of esters is 1. The first-order valence-electron chi connectivity index (χ1n) is 6.52. The monoisotopic (exact) mass is 256 g/mol. The molecular formula is C13H20O5. The van der Waals surface area contributed by atoms with E-state index in [4.69, 9.17) is 18.9 Å². The Hall–Kier alpha value is -1.07. The van der Waals surface area contributed by atoms with E-state index in [1.807, 2.05) is 6.92 Å². The van der Waals surface area contributed by atoms with Crippen LogP contribution in [0.15, 0.2) is 11.8 Å². The summed E-state index contributed by atoms with van der Waals surface area (Å²) < 4.78 is 21.9. The molecule has 0 radical (unpaired) electrons. The second-order valence-electron chi connectivity index (χ2n) is 4.41. The van der Waals surface area contributed by atoms with Gasteiger partial charge in [0.2, 0.25) is 11.5 Å². The lowest BCUT2D eigenvalue weighted by atomic mass is 10.0. The van der Waals surface area contributed by atoms with Crippen molar-refractivity contribution in [2.75, 3.05) is 19.8 Å². The van der Waals surface area contributed by atoms with Gasteiger partial charge in [-0.2, -0.15) is 0 Å². The Morgan fingerprint density at radius 3 is 2.94 bits per heavy atom. The summed E-state index contributed by atoms with van der Waals surface area (Å²) in [4.78, 5) is 11.8. The number of hydrogen-bond donors (Lipinski definition) is 0. The molecule has 1 fully saturated rings. The van der Waals surface area contributed by atoms with Gasteiger partial charge in [0, 0.05) is 19.4 Å². The number of carbonyl (C=O) groups excluding carboxylic acids is 1. The lowest BCUT2D eigenvalue weighted by Crippen LogP contribution is -2.41. The van der Waals surface area contributed by atoms with Gasteiger partial charge in [-0.25, -0.2) is 4.79 Å². The zero-order chi connectivity index (χ0) is 13.0. The fourth-order valence-corrected chi connectivity index (χ4v) is 2.36. The van der Waals surface area contributed by atoms with Crippen molar-refractivity contribution in [3.63, 3.8) is 0 Å². The predicted octanol–water partition coefficient (Wildman–Crippen LogP) is 1.77. The largest absolute Gasteiger partial charge is 0.460 e. The molecule has 1 saturated heterocycles. The van der Waals surface area contributed by atoms with Gasteiger partial charge in [0.25, 0.3) is 0 Å². The van der Waals surface area contributed by atoms with E-state index in [9.17, 15) is 4.79 Å². The number of rotatable bonds is 4. The van der Waals surface area contributed by atoms with Gasteiger partial charge in [-0.1, -0.05) is 0 Å². The summed E-state index contributed by atoms with van der Waals surface area (Å²) in [6.07, 6.45) is 3.89. The summed E-state index contributed by atoms with van der Waals surface area (Å²) >= 11 is 0. The summed E-state index contributed by atoms with van der Waals surface area (Å²) in [5.74, 6) is -0.934. The van der Waals surface area contributed by atoms with Crippen molar-refractivity contribution in [2.45, 2.75) is 45.0 Å². The highest BCUT2D eigenvalue weighted by Gasteiger charge is 2.44. The molecule has 0 unspecified atom stereocenters. The summed E-state index contributed by atoms with van der Waals surface area (Å²) in [7, 11) is 0. The SMILES string of the molecule is CCOC(=O)C1=C[C@H](OCC)C[C@@]2(CCCO2)O1. The highest BCUT2D eigenvalue weighted by Crippen LogP contribution is 2.38. The molecule has 2 heterocycles. The molecule has 0 saturated carbocycles. The molecule has 18 heavy (non-hydrogen) atoms. The molecule has 0 amide bonds. The van der Waals surface area contributed by atoms with E-state index < -0.39 is 11.8 Å². The zero-order valence-electron chi connectivity index (χ0n) is 10.9. The number of carbonyl (C=O) groups is 1. The molecule has 0 N–H and O–H groups in total. The van der Waals surface area contributed by atoms with E-state index in [0.717, 1.165) is 12.8 Å². The molecule has 0 aliphatic carbocycles. The Bertz CT molecular complexity index is 330. The summed E-state index contributed by atoms with van der Waals surface area (Å²) in [5.41, 5.74) is 0. The standard InChI is InChI=1S/C13H20O5/c1-3-15-10-8-11(12(14)16-4-2)18-13(9-10)6-5-7-17-13/h8,10H,3-7,9H2,1-2H3/t10-,13+/m0/s1. The predicted molar refractivity (Wildman–Crippen MR) is 63.7 cm³/mol. The molecule has 0 aromatic carbocycles. The van der Waals surface area contributed by atoms with Crippen LogP contribution in [0.1, 0.15) is 33.1 Å². The molecule has 1 spiro atoms. The minimum absolute atomic E-state index is 0.152. The molecule has 5 nitrogen and oxygen atoms in total. The molecular weight excluding hydrogens is 236 g/mol. The molecule has 102 valence electrons. The fourth-order valence-electron chi connectivity index (χ4n) is 2.36. The van der Waals surface area contributed by atoms with Crippen molar-refractivity contribution >= 4 is 5.97 Å². The molecule has 0 aromatic heterocycles. The molecule has 2 aliphatic heterocycles. The number of hydrogen-bond acceptors (Lipinski definition) is 5. The van der Waals surface area contributed by atoms with Crippen LogP contribution in [-0.2, 0) is 23.7 Å². The van der Waals surface area contributed by atoms with Crippen LogP contribution in [0, 0.1) is 0 Å². The van der Waals surface area contributed by atoms with E-state index in [1.54, 1.807) is 13.0 Å². The first-order chi connectivity index (χ1) is 8.69. The molecule has 0 aromatic rings. The van der Waals surface area contributed by atoms with E-state index >= 15 is 0 Å². The average molecular weight is 256 g/mol. The van der Waals surface area contributed by atoms with Gasteiger partial charge in [0.1, 0.15) is 0 Å². The van der Waals surface area contributed by atoms with Crippen LogP contribution < -0.4 is 0 Å². The fraction of sp³-hybridized carbons (Fsp3) is 0.769. The topological polar surface area (TPSA) is 54.0 Å². The molecule has 2 aliphatic rings. The minimum atomic E-state index is -0.698. The van der Waals surface area contributed by atoms with Gasteiger partial charge in [-0.15, -0.1) is 0 Å². The van der Waals surface area contributed by atoms with Crippen molar-refractivity contribution in [1.29, 1.82) is 0 Å². The van der Waals surface area contributed by atoms with Crippen molar-refractivity contribution < 1.29 is 23.7 Å². The van der Waals surface area contributed by atoms with E-state index in [1.165, 1.54) is 0 Å². The Balaban J connectivity index is 2.13. The third-order valence-electron chi connectivity index (χ3n) is 3.07. The van der Waals surface area contributed by atoms with Gasteiger partial charge in [-0.05, 0) is 26.3 Å². The van der Waals surface area contributed by atoms with Crippen LogP contribution in [-0.4, -0.2) is 37.7 Å². The Morgan fingerprint density at radius 1 is 1.50 bits per heavy atom. The van der Waals surface area contributed by atoms with Crippen molar-refractivity contribution in [3.05, 3.63) is 11.8 Å². The molecule has 5 heteroatoms. The summed E-state index contributed by atoms with van der Waals surface area (Å²) in [6, 6.07) is 0. The van der Waals surface area contributed by atoms with Gasteiger partial charge in [0.15, 0.2) is 0 Å². The molecule has 2 rings (SSSR count). The Morgan fingerprint density at radius 2 is 2.33 bits per heavy atom. The maximum atomic E-state index is 11.8. The second-order valence-corrected chi connectivity index (χ2v) is 4.41. The van der Waals surface area contributed by atoms with Gasteiger partial charge < -0.3 is 18.9 Å². The molecule has 0 bridgehead atoms. The first kappa shape index (κ1) is 13.4. The minimum Gasteiger partial charge on any atom is -0.460 e. The smallest absolute Gasteiger partial charge is 0.373 e. The highest BCUT2D eigenvalue weighted by molar-refractivity contribution is 5.86. The summed E-state index contributed by atoms with van der Waals surface area (Å²) in [6.45, 7) is 5.27.